The quantitative estimate of drug-likeness (QED) is 0.341. The van der Waals surface area contributed by atoms with Gasteiger partial charge in [0, 0.05) is 53.8 Å². The van der Waals surface area contributed by atoms with Crippen LogP contribution in [0.1, 0.15) is 34.8 Å². The third-order valence-electron chi connectivity index (χ3n) is 6.53. The van der Waals surface area contributed by atoms with E-state index in [0.29, 0.717) is 58.6 Å². The highest BCUT2D eigenvalue weighted by atomic mass is 16.5. The largest absolute Gasteiger partial charge is 0.497 e. The van der Waals surface area contributed by atoms with Crippen molar-refractivity contribution in [3.8, 4) is 22.8 Å². The van der Waals surface area contributed by atoms with Crippen molar-refractivity contribution in [1.82, 2.24) is 9.88 Å². The van der Waals surface area contributed by atoms with Gasteiger partial charge in [-0.3, -0.25) is 9.69 Å². The lowest BCUT2D eigenvalue weighted by molar-refractivity contribution is 0.0322. The van der Waals surface area contributed by atoms with Gasteiger partial charge in [0.1, 0.15) is 23.9 Å². The number of nitrogen functional groups attached to an aromatic ring is 1. The number of rotatable bonds is 10. The van der Waals surface area contributed by atoms with Crippen LogP contribution in [0.5, 0.6) is 11.5 Å². The number of ether oxygens (including phenoxy) is 3. The van der Waals surface area contributed by atoms with Gasteiger partial charge in [0.25, 0.3) is 5.91 Å². The van der Waals surface area contributed by atoms with E-state index in [4.69, 9.17) is 25.4 Å². The Bertz CT molecular complexity index is 1300. The van der Waals surface area contributed by atoms with Gasteiger partial charge in [0.15, 0.2) is 0 Å². The van der Waals surface area contributed by atoms with Crippen molar-refractivity contribution in [1.29, 1.82) is 5.41 Å². The number of anilines is 2. The molecule has 0 saturated carbocycles. The minimum atomic E-state index is -0.282. The normalized spacial score (nSPS) is 13.7. The molecule has 1 aliphatic rings. The molecular formula is C29H35N5O4. The maximum absolute atomic E-state index is 13.2. The number of hydrogen-bond donors (Lipinski definition) is 3. The number of methoxy groups -OCH3 is 1. The summed E-state index contributed by atoms with van der Waals surface area (Å²) in [7, 11) is 1.56. The van der Waals surface area contributed by atoms with Crippen LogP contribution in [-0.4, -0.2) is 68.1 Å². The van der Waals surface area contributed by atoms with E-state index in [0.717, 1.165) is 44.0 Å². The summed E-state index contributed by atoms with van der Waals surface area (Å²) in [6.45, 7) is 8.43. The zero-order valence-corrected chi connectivity index (χ0v) is 22.2. The van der Waals surface area contributed by atoms with Gasteiger partial charge in [-0.05, 0) is 55.3 Å². The Morgan fingerprint density at radius 1 is 1.13 bits per heavy atom. The van der Waals surface area contributed by atoms with E-state index in [1.54, 1.807) is 25.3 Å². The summed E-state index contributed by atoms with van der Waals surface area (Å²) >= 11 is 0. The van der Waals surface area contributed by atoms with Gasteiger partial charge in [-0.15, -0.1) is 0 Å². The molecule has 0 unspecified atom stereocenters. The fourth-order valence-electron chi connectivity index (χ4n) is 4.27. The molecular weight excluding hydrogens is 482 g/mol. The summed E-state index contributed by atoms with van der Waals surface area (Å²) in [4.78, 5) is 20.0. The minimum Gasteiger partial charge on any atom is -0.497 e. The zero-order chi connectivity index (χ0) is 27.1. The molecule has 0 atom stereocenters. The van der Waals surface area contributed by atoms with Gasteiger partial charge in [0.2, 0.25) is 0 Å². The number of pyridine rings is 1. The summed E-state index contributed by atoms with van der Waals surface area (Å²) in [6, 6.07) is 14.5. The molecule has 9 heteroatoms. The molecule has 9 nitrogen and oxygen atoms in total. The average Bonchev–Trinajstić information content (AvgIpc) is 2.94. The molecule has 4 N–H and O–H groups in total. The van der Waals surface area contributed by atoms with E-state index >= 15 is 0 Å². The Labute approximate surface area is 223 Å². The number of morpholine rings is 1. The van der Waals surface area contributed by atoms with Crippen LogP contribution in [0.2, 0.25) is 0 Å². The summed E-state index contributed by atoms with van der Waals surface area (Å²) in [5, 5.41) is 11.0. The fraction of sp³-hybridized carbons (Fsp3) is 0.345. The predicted octanol–water partition coefficient (Wildman–Crippen LogP) is 4.39. The van der Waals surface area contributed by atoms with Crippen molar-refractivity contribution in [2.24, 2.45) is 0 Å². The number of nitrogens with zero attached hydrogens (tertiary/aromatic N) is 2. The van der Waals surface area contributed by atoms with Gasteiger partial charge >= 0.3 is 0 Å². The highest BCUT2D eigenvalue weighted by Gasteiger charge is 2.15. The van der Waals surface area contributed by atoms with Crippen molar-refractivity contribution in [2.45, 2.75) is 20.3 Å². The number of amides is 1. The lowest BCUT2D eigenvalue weighted by Gasteiger charge is -2.26. The molecule has 200 valence electrons. The Morgan fingerprint density at radius 3 is 2.61 bits per heavy atom. The number of aryl methyl sites for hydroxylation is 1. The number of aromatic nitrogens is 1. The smallest absolute Gasteiger partial charge is 0.255 e. The molecule has 0 radical (unpaired) electrons. The molecule has 2 aromatic carbocycles. The average molecular weight is 518 g/mol. The Kier molecular flexibility index (Phi) is 8.93. The maximum atomic E-state index is 13.2. The molecule has 3 aromatic rings. The number of carbonyl (C=O) groups is 1. The highest BCUT2D eigenvalue weighted by Crippen LogP contribution is 2.28. The fourth-order valence-corrected chi connectivity index (χ4v) is 4.27. The van der Waals surface area contributed by atoms with E-state index in [-0.39, 0.29) is 5.91 Å². The summed E-state index contributed by atoms with van der Waals surface area (Å²) in [5.74, 6) is 1.16. The van der Waals surface area contributed by atoms with Crippen LogP contribution in [0.15, 0.2) is 48.5 Å². The number of hydrogen-bond acceptors (Lipinski definition) is 8. The molecule has 2 heterocycles. The van der Waals surface area contributed by atoms with Crippen LogP contribution >= 0.6 is 0 Å². The number of nitrogens with two attached hydrogens (primary N) is 1. The monoisotopic (exact) mass is 517 g/mol. The Hall–Kier alpha value is -3.95. The standard InChI is InChI=1S/C29H35N5O4/c1-4-26(30)24-7-8-27(33-28(24)31)25-17-21(6-5-19(25)2)32-29(35)20-15-22(36-3)18-23(16-20)38-14-11-34-9-12-37-13-10-34/h5-8,15-18,30H,4,9-14H2,1-3H3,(H2,31,33)(H,32,35). The molecule has 1 aliphatic heterocycles. The SMILES string of the molecule is CCC(=N)c1ccc(-c2cc(NC(=O)c3cc(OC)cc(OCCN4CCOCC4)c3)ccc2C)nc1N. The maximum Gasteiger partial charge on any atom is 0.255 e. The summed E-state index contributed by atoms with van der Waals surface area (Å²) in [5.41, 5.74) is 10.8. The van der Waals surface area contributed by atoms with Crippen molar-refractivity contribution < 1.29 is 19.0 Å². The summed E-state index contributed by atoms with van der Waals surface area (Å²) in [6.07, 6.45) is 0.580. The van der Waals surface area contributed by atoms with Crippen molar-refractivity contribution in [3.63, 3.8) is 0 Å². The first-order valence-corrected chi connectivity index (χ1v) is 12.8. The molecule has 1 aromatic heterocycles. The van der Waals surface area contributed by atoms with Crippen LogP contribution in [0.25, 0.3) is 11.3 Å². The summed E-state index contributed by atoms with van der Waals surface area (Å²) < 4.78 is 16.7. The van der Waals surface area contributed by atoms with Crippen LogP contribution in [0.3, 0.4) is 0 Å². The second-order valence-corrected chi connectivity index (χ2v) is 9.14. The molecule has 0 spiro atoms. The second-order valence-electron chi connectivity index (χ2n) is 9.14. The van der Waals surface area contributed by atoms with Crippen LogP contribution in [0.4, 0.5) is 11.5 Å². The molecule has 38 heavy (non-hydrogen) atoms. The molecule has 4 rings (SSSR count). The first-order valence-electron chi connectivity index (χ1n) is 12.8. The first-order chi connectivity index (χ1) is 18.4. The third-order valence-corrected chi connectivity index (χ3v) is 6.53. The van der Waals surface area contributed by atoms with Crippen molar-refractivity contribution in [2.75, 3.05) is 57.6 Å². The Morgan fingerprint density at radius 2 is 1.89 bits per heavy atom. The van der Waals surface area contributed by atoms with Crippen LogP contribution in [0, 0.1) is 12.3 Å². The number of nitrogens with one attached hydrogen (secondary N) is 2. The van der Waals surface area contributed by atoms with Crippen LogP contribution < -0.4 is 20.5 Å². The number of benzene rings is 2. The highest BCUT2D eigenvalue weighted by molar-refractivity contribution is 6.05. The van der Waals surface area contributed by atoms with E-state index in [2.05, 4.69) is 15.2 Å². The minimum absolute atomic E-state index is 0.282. The van der Waals surface area contributed by atoms with E-state index in [1.165, 1.54) is 0 Å². The predicted molar refractivity (Wildman–Crippen MR) is 150 cm³/mol. The molecule has 0 aliphatic carbocycles. The van der Waals surface area contributed by atoms with E-state index in [9.17, 15) is 4.79 Å². The van der Waals surface area contributed by atoms with Gasteiger partial charge in [-0.1, -0.05) is 13.0 Å². The second kappa shape index (κ2) is 12.5. The van der Waals surface area contributed by atoms with Crippen LogP contribution in [-0.2, 0) is 4.74 Å². The Balaban J connectivity index is 1.49. The van der Waals surface area contributed by atoms with Gasteiger partial charge < -0.3 is 30.7 Å². The lowest BCUT2D eigenvalue weighted by Crippen LogP contribution is -2.38. The molecule has 0 bridgehead atoms. The van der Waals surface area contributed by atoms with Gasteiger partial charge in [-0.2, -0.15) is 0 Å². The zero-order valence-electron chi connectivity index (χ0n) is 22.2. The topological polar surface area (TPSA) is 123 Å². The van der Waals surface area contributed by atoms with E-state index < -0.39 is 0 Å². The van der Waals surface area contributed by atoms with Gasteiger partial charge in [0.05, 0.1) is 26.0 Å². The van der Waals surface area contributed by atoms with Gasteiger partial charge in [-0.25, -0.2) is 4.98 Å². The molecule has 1 amide bonds. The van der Waals surface area contributed by atoms with Crippen molar-refractivity contribution >= 4 is 23.1 Å². The first kappa shape index (κ1) is 27.1. The lowest BCUT2D eigenvalue weighted by atomic mass is 10.0. The van der Waals surface area contributed by atoms with Crippen molar-refractivity contribution in [3.05, 3.63) is 65.2 Å². The third kappa shape index (κ3) is 6.67. The van der Waals surface area contributed by atoms with E-state index in [1.807, 2.05) is 44.2 Å². The molecule has 1 saturated heterocycles. The number of carbonyl (C=O) groups excluding carboxylic acids is 1. The molecule has 1 fully saturated rings.